The molecular formula is C23H12ClF3N4O4S2. The van der Waals surface area contributed by atoms with Gasteiger partial charge in [-0.2, -0.15) is 13.8 Å². The summed E-state index contributed by atoms with van der Waals surface area (Å²) in [5, 5.41) is 1.23. The lowest BCUT2D eigenvalue weighted by Crippen LogP contribution is -2.15. The van der Waals surface area contributed by atoms with Crippen molar-refractivity contribution >= 4 is 38.8 Å². The summed E-state index contributed by atoms with van der Waals surface area (Å²) in [6.45, 7) is 0. The summed E-state index contributed by atoms with van der Waals surface area (Å²) < 4.78 is 80.7. The Balaban J connectivity index is 1.52. The zero-order chi connectivity index (χ0) is 26.2. The molecule has 0 aliphatic carbocycles. The van der Waals surface area contributed by atoms with Gasteiger partial charge in [0.15, 0.2) is 11.6 Å². The molecule has 4 aromatic heterocycles. The average molecular weight is 565 g/mol. The van der Waals surface area contributed by atoms with Crippen LogP contribution in [0.5, 0.6) is 11.5 Å². The predicted molar refractivity (Wildman–Crippen MR) is 129 cm³/mol. The molecule has 5 rings (SSSR count). The van der Waals surface area contributed by atoms with E-state index in [1.54, 1.807) is 6.07 Å². The van der Waals surface area contributed by atoms with Crippen molar-refractivity contribution in [3.8, 4) is 33.9 Å². The monoisotopic (exact) mass is 564 g/mol. The molecule has 0 spiro atoms. The summed E-state index contributed by atoms with van der Waals surface area (Å²) in [6.07, 6.45) is 4.00. The van der Waals surface area contributed by atoms with Crippen LogP contribution in [0.4, 0.5) is 19.0 Å². The van der Waals surface area contributed by atoms with Crippen LogP contribution in [0, 0.1) is 17.7 Å². The Hall–Kier alpha value is -3.94. The van der Waals surface area contributed by atoms with Crippen LogP contribution in [-0.2, 0) is 10.0 Å². The number of rotatable bonds is 7. The summed E-state index contributed by atoms with van der Waals surface area (Å²) in [4.78, 5) is 10.4. The quantitative estimate of drug-likeness (QED) is 0.224. The zero-order valence-electron chi connectivity index (χ0n) is 18.2. The standard InChI is InChI=1S/C23H12ClF3N4O4S2/c24-15-6-20(37(32,33)31-22-10-36-11-29-22)16(25)7-18(15)35-19-8-28-17(5-14(19)12-3-4-34-9-12)13-1-2-21(26)30-23(13)27/h1-11,31H. The number of furan rings is 1. The van der Waals surface area contributed by atoms with Gasteiger partial charge in [0.2, 0.25) is 11.9 Å². The van der Waals surface area contributed by atoms with Crippen molar-refractivity contribution in [1.29, 1.82) is 0 Å². The molecule has 0 bridgehead atoms. The maximum atomic E-state index is 14.9. The van der Waals surface area contributed by atoms with Crippen LogP contribution in [0.25, 0.3) is 22.4 Å². The highest BCUT2D eigenvalue weighted by atomic mass is 35.5. The summed E-state index contributed by atoms with van der Waals surface area (Å²) in [5.74, 6) is -3.29. The lowest BCUT2D eigenvalue weighted by atomic mass is 10.1. The van der Waals surface area contributed by atoms with Crippen LogP contribution in [0.2, 0.25) is 5.02 Å². The second-order valence-corrected chi connectivity index (χ2v) is 10.1. The zero-order valence-corrected chi connectivity index (χ0v) is 20.5. The lowest BCUT2D eigenvalue weighted by molar-refractivity contribution is 0.473. The second-order valence-electron chi connectivity index (χ2n) is 7.34. The fourth-order valence-electron chi connectivity index (χ4n) is 3.29. The van der Waals surface area contributed by atoms with E-state index in [9.17, 15) is 21.6 Å². The molecule has 0 fully saturated rings. The number of aromatic nitrogens is 3. The van der Waals surface area contributed by atoms with Crippen LogP contribution in [0.3, 0.4) is 0 Å². The Labute approximate surface area is 216 Å². The van der Waals surface area contributed by atoms with Gasteiger partial charge in [-0.25, -0.2) is 17.8 Å². The van der Waals surface area contributed by atoms with Crippen LogP contribution in [-0.4, -0.2) is 23.4 Å². The predicted octanol–water partition coefficient (Wildman–Crippen LogP) is 6.52. The van der Waals surface area contributed by atoms with Crippen LogP contribution >= 0.6 is 22.9 Å². The Bertz CT molecular complexity index is 1700. The van der Waals surface area contributed by atoms with Gasteiger partial charge in [0, 0.05) is 22.6 Å². The fraction of sp³-hybridized carbons (Fsp3) is 0. The number of hydrogen-bond acceptors (Lipinski definition) is 8. The second kappa shape index (κ2) is 9.84. The summed E-state index contributed by atoms with van der Waals surface area (Å²) in [6, 6.07) is 6.93. The molecule has 8 nitrogen and oxygen atoms in total. The van der Waals surface area contributed by atoms with Gasteiger partial charge in [-0.15, -0.1) is 11.3 Å². The molecule has 1 aromatic carbocycles. The molecule has 0 amide bonds. The third kappa shape index (κ3) is 5.14. The van der Waals surface area contributed by atoms with Crippen molar-refractivity contribution in [2.45, 2.75) is 4.90 Å². The highest BCUT2D eigenvalue weighted by molar-refractivity contribution is 7.92. The van der Waals surface area contributed by atoms with E-state index in [0.717, 1.165) is 29.5 Å². The topological polar surface area (TPSA) is 107 Å². The summed E-state index contributed by atoms with van der Waals surface area (Å²) in [7, 11) is -4.33. The maximum Gasteiger partial charge on any atom is 0.266 e. The summed E-state index contributed by atoms with van der Waals surface area (Å²) in [5.41, 5.74) is 2.30. The molecule has 0 radical (unpaired) electrons. The van der Waals surface area contributed by atoms with Crippen molar-refractivity contribution in [2.24, 2.45) is 0 Å². The highest BCUT2D eigenvalue weighted by Gasteiger charge is 2.24. The van der Waals surface area contributed by atoms with Gasteiger partial charge >= 0.3 is 0 Å². The smallest absolute Gasteiger partial charge is 0.266 e. The van der Waals surface area contributed by atoms with E-state index in [1.807, 2.05) is 0 Å². The number of anilines is 1. The molecule has 1 N–H and O–H groups in total. The van der Waals surface area contributed by atoms with Gasteiger partial charge < -0.3 is 9.15 Å². The molecule has 0 saturated carbocycles. The van der Waals surface area contributed by atoms with Crippen molar-refractivity contribution in [2.75, 3.05) is 4.72 Å². The molecule has 0 atom stereocenters. The minimum atomic E-state index is -4.33. The number of pyridine rings is 2. The molecule has 4 heterocycles. The van der Waals surface area contributed by atoms with E-state index in [4.69, 9.17) is 20.8 Å². The van der Waals surface area contributed by atoms with E-state index in [1.165, 1.54) is 41.7 Å². The number of nitrogens with one attached hydrogen (secondary N) is 1. The number of benzene rings is 1. The lowest BCUT2D eigenvalue weighted by Gasteiger charge is -2.14. The van der Waals surface area contributed by atoms with Gasteiger partial charge in [-0.1, -0.05) is 11.6 Å². The van der Waals surface area contributed by atoms with Crippen LogP contribution in [0.15, 0.2) is 75.3 Å². The van der Waals surface area contributed by atoms with E-state index in [-0.39, 0.29) is 33.6 Å². The number of hydrogen-bond donors (Lipinski definition) is 1. The SMILES string of the molecule is O=S(=O)(Nc1cscn1)c1cc(Cl)c(Oc2cnc(-c3ccc(F)nc3F)cc2-c2ccoc2)cc1F. The van der Waals surface area contributed by atoms with E-state index in [2.05, 4.69) is 19.7 Å². The minimum absolute atomic E-state index is 0.0320. The van der Waals surface area contributed by atoms with Crippen LogP contribution < -0.4 is 9.46 Å². The molecule has 14 heteroatoms. The van der Waals surface area contributed by atoms with Crippen molar-refractivity contribution in [1.82, 2.24) is 15.0 Å². The van der Waals surface area contributed by atoms with Crippen LogP contribution in [0.1, 0.15) is 0 Å². The number of sulfonamides is 1. The Kier molecular flexibility index (Phi) is 6.58. The molecule has 188 valence electrons. The van der Waals surface area contributed by atoms with E-state index >= 15 is 0 Å². The van der Waals surface area contributed by atoms with Crippen molar-refractivity contribution in [3.63, 3.8) is 0 Å². The molecule has 0 unspecified atom stereocenters. The van der Waals surface area contributed by atoms with E-state index in [0.29, 0.717) is 11.1 Å². The number of halogens is 4. The molecule has 0 aliphatic heterocycles. The maximum absolute atomic E-state index is 14.9. The van der Waals surface area contributed by atoms with Gasteiger partial charge in [0.05, 0.1) is 40.5 Å². The fourth-order valence-corrected chi connectivity index (χ4v) is 5.20. The summed E-state index contributed by atoms with van der Waals surface area (Å²) >= 11 is 7.41. The first kappa shape index (κ1) is 24.7. The number of ether oxygens (including phenoxy) is 1. The normalized spacial score (nSPS) is 11.5. The van der Waals surface area contributed by atoms with Gasteiger partial charge in [0.25, 0.3) is 10.0 Å². The van der Waals surface area contributed by atoms with Crippen molar-refractivity contribution in [3.05, 3.63) is 88.7 Å². The molecule has 5 aromatic rings. The molecule has 37 heavy (non-hydrogen) atoms. The highest BCUT2D eigenvalue weighted by Crippen LogP contribution is 2.39. The Morgan fingerprint density at radius 1 is 1.03 bits per heavy atom. The molecule has 0 saturated heterocycles. The first-order chi connectivity index (χ1) is 17.7. The van der Waals surface area contributed by atoms with E-state index < -0.39 is 32.6 Å². The largest absolute Gasteiger partial charge is 0.472 e. The number of nitrogens with zero attached hydrogens (tertiary/aromatic N) is 3. The first-order valence-corrected chi connectivity index (χ1v) is 12.9. The Morgan fingerprint density at radius 2 is 1.86 bits per heavy atom. The molecular weight excluding hydrogens is 553 g/mol. The third-order valence-corrected chi connectivity index (χ3v) is 7.21. The first-order valence-electron chi connectivity index (χ1n) is 10.1. The van der Waals surface area contributed by atoms with Crippen molar-refractivity contribution < 1.29 is 30.7 Å². The van der Waals surface area contributed by atoms with Gasteiger partial charge in [0.1, 0.15) is 16.5 Å². The third-order valence-electron chi connectivity index (χ3n) is 4.96. The minimum Gasteiger partial charge on any atom is -0.472 e. The average Bonchev–Trinajstić information content (AvgIpc) is 3.56. The van der Waals surface area contributed by atoms with Gasteiger partial charge in [-0.3, -0.25) is 9.71 Å². The number of thiazole rings is 1. The Morgan fingerprint density at radius 3 is 2.57 bits per heavy atom. The molecule has 0 aliphatic rings. The van der Waals surface area contributed by atoms with Gasteiger partial charge in [-0.05, 0) is 30.3 Å².